The lowest BCUT2D eigenvalue weighted by Crippen LogP contribution is -2.46. The monoisotopic (exact) mass is 359 g/mol. The number of aliphatic carboxylic acids is 1. The Morgan fingerprint density at radius 3 is 2.46 bits per heavy atom. The van der Waals surface area contributed by atoms with Crippen molar-refractivity contribution in [1.29, 1.82) is 0 Å². The number of carboxylic acid groups (broad SMARTS) is 1. The van der Waals surface area contributed by atoms with Crippen molar-refractivity contribution in [3.8, 4) is 17.0 Å². The number of aromatic nitrogens is 2. The topological polar surface area (TPSA) is 111 Å². The predicted molar refractivity (Wildman–Crippen MR) is 94.9 cm³/mol. The van der Waals surface area contributed by atoms with E-state index < -0.39 is 23.5 Å². The zero-order chi connectivity index (χ0) is 19.3. The summed E-state index contributed by atoms with van der Waals surface area (Å²) in [5, 5.41) is 11.6. The second kappa shape index (κ2) is 8.28. The summed E-state index contributed by atoms with van der Waals surface area (Å²) in [7, 11) is 1.56. The number of rotatable bonds is 7. The third-order valence-electron chi connectivity index (χ3n) is 3.82. The molecule has 26 heavy (non-hydrogen) atoms. The summed E-state index contributed by atoms with van der Waals surface area (Å²) in [5.41, 5.74) is 0.818. The van der Waals surface area contributed by atoms with Crippen molar-refractivity contribution in [3.05, 3.63) is 47.0 Å². The van der Waals surface area contributed by atoms with Gasteiger partial charge in [-0.1, -0.05) is 13.8 Å². The lowest BCUT2D eigenvalue weighted by Gasteiger charge is -2.18. The highest BCUT2D eigenvalue weighted by molar-refractivity contribution is 5.83. The molecular formula is C18H21N3O5. The first-order valence-corrected chi connectivity index (χ1v) is 8.05. The third-order valence-corrected chi connectivity index (χ3v) is 3.82. The Kier molecular flexibility index (Phi) is 6.11. The maximum absolute atomic E-state index is 12.1. The predicted octanol–water partition coefficient (Wildman–Crippen LogP) is 1.14. The van der Waals surface area contributed by atoms with Crippen LogP contribution < -0.4 is 15.6 Å². The van der Waals surface area contributed by atoms with Crippen LogP contribution in [-0.4, -0.2) is 39.7 Å². The van der Waals surface area contributed by atoms with Gasteiger partial charge in [-0.05, 0) is 30.2 Å². The average Bonchev–Trinajstić information content (AvgIpc) is 2.61. The quantitative estimate of drug-likeness (QED) is 0.767. The number of benzene rings is 1. The van der Waals surface area contributed by atoms with Gasteiger partial charge in [0.25, 0.3) is 5.56 Å². The molecule has 0 bridgehead atoms. The fraction of sp³-hybridized carbons (Fsp3) is 0.333. The molecule has 0 spiro atoms. The van der Waals surface area contributed by atoms with E-state index in [9.17, 15) is 14.4 Å². The van der Waals surface area contributed by atoms with Gasteiger partial charge in [0, 0.05) is 11.8 Å². The van der Waals surface area contributed by atoms with Crippen molar-refractivity contribution < 1.29 is 19.4 Å². The second-order valence-electron chi connectivity index (χ2n) is 6.09. The SMILES string of the molecule is COc1ccc(-c2cn(CC(=O)N[C@@H](C(=O)O)C(C)C)c(=O)cn2)cc1. The first-order valence-electron chi connectivity index (χ1n) is 8.05. The molecule has 0 aliphatic heterocycles. The molecule has 0 fully saturated rings. The van der Waals surface area contributed by atoms with Crippen molar-refractivity contribution >= 4 is 11.9 Å². The van der Waals surface area contributed by atoms with Gasteiger partial charge in [-0.2, -0.15) is 0 Å². The minimum atomic E-state index is -1.12. The molecule has 0 radical (unpaired) electrons. The zero-order valence-corrected chi connectivity index (χ0v) is 14.8. The number of nitrogens with zero attached hydrogens (tertiary/aromatic N) is 2. The average molecular weight is 359 g/mol. The number of amides is 1. The van der Waals surface area contributed by atoms with Crippen LogP contribution in [0.4, 0.5) is 0 Å². The molecule has 0 saturated carbocycles. The normalized spacial score (nSPS) is 11.8. The second-order valence-corrected chi connectivity index (χ2v) is 6.09. The van der Waals surface area contributed by atoms with Crippen molar-refractivity contribution in [1.82, 2.24) is 14.9 Å². The molecule has 0 saturated heterocycles. The van der Waals surface area contributed by atoms with Gasteiger partial charge in [0.1, 0.15) is 18.3 Å². The molecule has 0 unspecified atom stereocenters. The van der Waals surface area contributed by atoms with Crippen LogP contribution in [0, 0.1) is 5.92 Å². The number of hydrogen-bond donors (Lipinski definition) is 2. The van der Waals surface area contributed by atoms with E-state index in [0.29, 0.717) is 11.4 Å². The molecule has 1 heterocycles. The van der Waals surface area contributed by atoms with Gasteiger partial charge in [-0.3, -0.25) is 9.59 Å². The number of nitrogens with one attached hydrogen (secondary N) is 1. The van der Waals surface area contributed by atoms with E-state index in [2.05, 4.69) is 10.3 Å². The Bertz CT molecular complexity index is 843. The van der Waals surface area contributed by atoms with Crippen LogP contribution in [0.15, 0.2) is 41.5 Å². The van der Waals surface area contributed by atoms with E-state index in [4.69, 9.17) is 9.84 Å². The summed E-state index contributed by atoms with van der Waals surface area (Å²) in [4.78, 5) is 39.4. The lowest BCUT2D eigenvalue weighted by atomic mass is 10.1. The highest BCUT2D eigenvalue weighted by Gasteiger charge is 2.23. The molecule has 138 valence electrons. The summed E-state index contributed by atoms with van der Waals surface area (Å²) in [5.74, 6) is -1.26. The Balaban J connectivity index is 2.20. The van der Waals surface area contributed by atoms with Gasteiger partial charge >= 0.3 is 5.97 Å². The minimum absolute atomic E-state index is 0.277. The fourth-order valence-electron chi connectivity index (χ4n) is 2.37. The summed E-state index contributed by atoms with van der Waals surface area (Å²) < 4.78 is 6.30. The lowest BCUT2D eigenvalue weighted by molar-refractivity contribution is -0.143. The van der Waals surface area contributed by atoms with E-state index >= 15 is 0 Å². The summed E-state index contributed by atoms with van der Waals surface area (Å²) in [6.07, 6.45) is 2.60. The largest absolute Gasteiger partial charge is 0.497 e. The van der Waals surface area contributed by atoms with Crippen LogP contribution in [0.2, 0.25) is 0 Å². The number of ether oxygens (including phenoxy) is 1. The Morgan fingerprint density at radius 1 is 1.27 bits per heavy atom. The van der Waals surface area contributed by atoms with Gasteiger partial charge in [-0.15, -0.1) is 0 Å². The smallest absolute Gasteiger partial charge is 0.326 e. The van der Waals surface area contributed by atoms with Gasteiger partial charge in [0.05, 0.1) is 19.0 Å². The summed E-state index contributed by atoms with van der Waals surface area (Å²) in [6, 6.07) is 6.09. The van der Waals surface area contributed by atoms with Crippen molar-refractivity contribution in [2.75, 3.05) is 7.11 Å². The maximum atomic E-state index is 12.1. The third kappa shape index (κ3) is 4.69. The van der Waals surface area contributed by atoms with Crippen LogP contribution in [0.1, 0.15) is 13.8 Å². The number of methoxy groups -OCH3 is 1. The molecule has 0 aliphatic carbocycles. The van der Waals surface area contributed by atoms with E-state index in [1.54, 1.807) is 45.2 Å². The fourth-order valence-corrected chi connectivity index (χ4v) is 2.37. The van der Waals surface area contributed by atoms with Gasteiger partial charge < -0.3 is 19.7 Å². The molecule has 1 amide bonds. The number of hydrogen-bond acceptors (Lipinski definition) is 5. The van der Waals surface area contributed by atoms with Crippen molar-refractivity contribution in [2.45, 2.75) is 26.4 Å². The molecular weight excluding hydrogens is 338 g/mol. The Labute approximate surface area is 150 Å². The van der Waals surface area contributed by atoms with Crippen LogP contribution in [0.5, 0.6) is 5.75 Å². The Morgan fingerprint density at radius 2 is 1.92 bits per heavy atom. The first kappa shape index (κ1) is 19.2. The molecule has 1 atom stereocenters. The molecule has 1 aromatic carbocycles. The van der Waals surface area contributed by atoms with Crippen LogP contribution in [-0.2, 0) is 16.1 Å². The summed E-state index contributed by atoms with van der Waals surface area (Å²) >= 11 is 0. The number of carboxylic acids is 1. The van der Waals surface area contributed by atoms with E-state index in [1.165, 1.54) is 10.8 Å². The molecule has 2 rings (SSSR count). The molecule has 2 N–H and O–H groups in total. The van der Waals surface area contributed by atoms with Crippen LogP contribution >= 0.6 is 0 Å². The van der Waals surface area contributed by atoms with E-state index in [0.717, 1.165) is 11.8 Å². The molecule has 8 nitrogen and oxygen atoms in total. The van der Waals surface area contributed by atoms with Gasteiger partial charge in [0.2, 0.25) is 5.91 Å². The van der Waals surface area contributed by atoms with E-state index in [1.807, 2.05) is 0 Å². The maximum Gasteiger partial charge on any atom is 0.326 e. The number of carbonyl (C=O) groups excluding carboxylic acids is 1. The summed E-state index contributed by atoms with van der Waals surface area (Å²) in [6.45, 7) is 3.10. The molecule has 1 aromatic heterocycles. The highest BCUT2D eigenvalue weighted by atomic mass is 16.5. The zero-order valence-electron chi connectivity index (χ0n) is 14.8. The van der Waals surface area contributed by atoms with Crippen molar-refractivity contribution in [2.24, 2.45) is 5.92 Å². The first-order chi connectivity index (χ1) is 12.3. The van der Waals surface area contributed by atoms with Crippen molar-refractivity contribution in [3.63, 3.8) is 0 Å². The van der Waals surface area contributed by atoms with Gasteiger partial charge in [0.15, 0.2) is 0 Å². The molecule has 8 heteroatoms. The van der Waals surface area contributed by atoms with Crippen LogP contribution in [0.3, 0.4) is 0 Å². The van der Waals surface area contributed by atoms with E-state index in [-0.39, 0.29) is 12.5 Å². The van der Waals surface area contributed by atoms with Crippen LogP contribution in [0.25, 0.3) is 11.3 Å². The molecule has 0 aliphatic rings. The minimum Gasteiger partial charge on any atom is -0.497 e. The Hall–Kier alpha value is -3.16. The van der Waals surface area contributed by atoms with Gasteiger partial charge in [-0.25, -0.2) is 9.78 Å². The standard InChI is InChI=1S/C18H21N3O5/c1-11(2)17(18(24)25)20-15(22)10-21-9-14(19-8-16(21)23)12-4-6-13(26-3)7-5-12/h4-9,11,17H,10H2,1-3H3,(H,20,22)(H,24,25)/t17-/m1/s1. The molecule has 2 aromatic rings. The highest BCUT2D eigenvalue weighted by Crippen LogP contribution is 2.19. The number of carbonyl (C=O) groups is 2.